The van der Waals surface area contributed by atoms with E-state index in [0.29, 0.717) is 18.4 Å². The van der Waals surface area contributed by atoms with Gasteiger partial charge >= 0.3 is 0 Å². The molecule has 4 rings (SSSR count). The van der Waals surface area contributed by atoms with Gasteiger partial charge in [-0.15, -0.1) is 0 Å². The van der Waals surface area contributed by atoms with E-state index in [4.69, 9.17) is 0 Å². The number of amides is 1. The average Bonchev–Trinajstić information content (AvgIpc) is 3.60. The first-order valence-electron chi connectivity index (χ1n) is 10.3. The lowest BCUT2D eigenvalue weighted by Gasteiger charge is -2.30. The second-order valence-electron chi connectivity index (χ2n) is 8.29. The summed E-state index contributed by atoms with van der Waals surface area (Å²) in [5.41, 5.74) is 0.157. The number of carbonyl (C=O) groups excluding carboxylic acids is 1. The molecule has 3 aliphatic rings. The summed E-state index contributed by atoms with van der Waals surface area (Å²) >= 11 is 0. The molecule has 7 heteroatoms. The predicted octanol–water partition coefficient (Wildman–Crippen LogP) is 2.82. The van der Waals surface area contributed by atoms with Crippen molar-refractivity contribution in [1.29, 1.82) is 0 Å². The smallest absolute Gasteiger partial charge is 0.223 e. The van der Waals surface area contributed by atoms with Gasteiger partial charge < -0.3 is 16.0 Å². The molecule has 0 heterocycles. The molecule has 0 saturated heterocycles. The molecule has 0 spiro atoms. The van der Waals surface area contributed by atoms with Gasteiger partial charge in [-0.3, -0.25) is 9.79 Å². The van der Waals surface area contributed by atoms with Gasteiger partial charge in [0.1, 0.15) is 11.6 Å². The molecule has 0 radical (unpaired) electrons. The minimum absolute atomic E-state index is 0.0323. The van der Waals surface area contributed by atoms with Crippen molar-refractivity contribution in [2.75, 3.05) is 7.05 Å². The van der Waals surface area contributed by atoms with Gasteiger partial charge in [0.15, 0.2) is 5.96 Å². The van der Waals surface area contributed by atoms with Crippen molar-refractivity contribution in [3.8, 4) is 0 Å². The first-order chi connectivity index (χ1) is 13.5. The monoisotopic (exact) mass is 390 g/mol. The number of rotatable bonds is 5. The average molecular weight is 390 g/mol. The quantitative estimate of drug-likeness (QED) is 0.535. The molecule has 152 valence electrons. The van der Waals surface area contributed by atoms with Crippen LogP contribution in [0.5, 0.6) is 0 Å². The van der Waals surface area contributed by atoms with E-state index < -0.39 is 11.6 Å². The first-order valence-corrected chi connectivity index (χ1v) is 10.3. The Morgan fingerprint density at radius 2 is 1.75 bits per heavy atom. The molecule has 1 amide bonds. The highest BCUT2D eigenvalue weighted by Gasteiger charge is 2.42. The Kier molecular flexibility index (Phi) is 5.51. The van der Waals surface area contributed by atoms with Crippen LogP contribution in [0.4, 0.5) is 8.78 Å². The summed E-state index contributed by atoms with van der Waals surface area (Å²) in [5.74, 6) is -0.302. The molecule has 28 heavy (non-hydrogen) atoms. The lowest BCUT2D eigenvalue weighted by Crippen LogP contribution is -2.48. The third-order valence-electron chi connectivity index (χ3n) is 6.02. The van der Waals surface area contributed by atoms with E-state index in [0.717, 1.165) is 38.5 Å². The minimum Gasteiger partial charge on any atom is -0.354 e. The fourth-order valence-corrected chi connectivity index (χ4v) is 4.18. The molecule has 0 aromatic heterocycles. The maximum Gasteiger partial charge on any atom is 0.223 e. The van der Waals surface area contributed by atoms with Crippen molar-refractivity contribution in [2.45, 2.75) is 69.0 Å². The van der Waals surface area contributed by atoms with E-state index in [1.165, 1.54) is 18.2 Å². The molecule has 3 saturated carbocycles. The summed E-state index contributed by atoms with van der Waals surface area (Å²) in [6.07, 6.45) is 6.59. The molecule has 3 fully saturated rings. The van der Waals surface area contributed by atoms with E-state index in [1.807, 2.05) is 0 Å². The maximum atomic E-state index is 14.0. The Morgan fingerprint density at radius 3 is 2.43 bits per heavy atom. The van der Waals surface area contributed by atoms with Crippen LogP contribution in [0.25, 0.3) is 0 Å². The molecule has 3 aliphatic carbocycles. The summed E-state index contributed by atoms with van der Waals surface area (Å²) < 4.78 is 27.9. The number of halogens is 2. The number of nitrogens with zero attached hydrogens (tertiary/aromatic N) is 1. The normalized spacial score (nSPS) is 29.9. The third kappa shape index (κ3) is 4.45. The Labute approximate surface area is 164 Å². The molecule has 1 aromatic carbocycles. The van der Waals surface area contributed by atoms with Crippen molar-refractivity contribution < 1.29 is 13.6 Å². The van der Waals surface area contributed by atoms with Crippen molar-refractivity contribution in [2.24, 2.45) is 10.9 Å². The van der Waals surface area contributed by atoms with Crippen LogP contribution >= 0.6 is 0 Å². The van der Waals surface area contributed by atoms with Crippen LogP contribution in [0, 0.1) is 17.6 Å². The van der Waals surface area contributed by atoms with Crippen LogP contribution in [0.3, 0.4) is 0 Å². The second kappa shape index (κ2) is 8.05. The van der Waals surface area contributed by atoms with Crippen molar-refractivity contribution in [1.82, 2.24) is 16.0 Å². The van der Waals surface area contributed by atoms with Crippen molar-refractivity contribution in [3.63, 3.8) is 0 Å². The van der Waals surface area contributed by atoms with Gasteiger partial charge in [-0.2, -0.15) is 0 Å². The van der Waals surface area contributed by atoms with E-state index in [9.17, 15) is 13.6 Å². The van der Waals surface area contributed by atoms with E-state index in [2.05, 4.69) is 20.9 Å². The zero-order valence-corrected chi connectivity index (χ0v) is 16.2. The van der Waals surface area contributed by atoms with Crippen LogP contribution in [0.2, 0.25) is 0 Å². The number of aliphatic imine (C=N–C) groups is 1. The van der Waals surface area contributed by atoms with Crippen molar-refractivity contribution >= 4 is 11.9 Å². The lowest BCUT2D eigenvalue weighted by molar-refractivity contribution is -0.126. The summed E-state index contributed by atoms with van der Waals surface area (Å²) in [5, 5.41) is 9.79. The summed E-state index contributed by atoms with van der Waals surface area (Å²) in [6.45, 7) is 0. The Morgan fingerprint density at radius 1 is 1.00 bits per heavy atom. The molecular formula is C21H28F2N4O. The largest absolute Gasteiger partial charge is 0.354 e. The maximum absolute atomic E-state index is 14.0. The van der Waals surface area contributed by atoms with Crippen LogP contribution in [0.1, 0.15) is 56.4 Å². The molecule has 3 N–H and O–H groups in total. The van der Waals surface area contributed by atoms with Crippen LogP contribution in [-0.2, 0) is 4.79 Å². The first kappa shape index (κ1) is 19.2. The topological polar surface area (TPSA) is 65.5 Å². The highest BCUT2D eigenvalue weighted by molar-refractivity contribution is 5.82. The zero-order valence-electron chi connectivity index (χ0n) is 16.2. The second-order valence-corrected chi connectivity index (χ2v) is 8.29. The molecule has 0 aliphatic heterocycles. The van der Waals surface area contributed by atoms with Gasteiger partial charge in [0.05, 0.1) is 0 Å². The van der Waals surface area contributed by atoms with Crippen molar-refractivity contribution in [3.05, 3.63) is 35.4 Å². The predicted molar refractivity (Wildman–Crippen MR) is 104 cm³/mol. The van der Waals surface area contributed by atoms with Crippen LogP contribution < -0.4 is 16.0 Å². The minimum atomic E-state index is -0.492. The fraction of sp³-hybridized carbons (Fsp3) is 0.619. The van der Waals surface area contributed by atoms with Crippen LogP contribution in [0.15, 0.2) is 23.2 Å². The molecule has 4 atom stereocenters. The van der Waals surface area contributed by atoms with Gasteiger partial charge in [0.2, 0.25) is 5.91 Å². The lowest BCUT2D eigenvalue weighted by atomic mass is 9.85. The number of hydrogen-bond acceptors (Lipinski definition) is 2. The zero-order chi connectivity index (χ0) is 19.7. The third-order valence-corrected chi connectivity index (χ3v) is 6.02. The van der Waals surface area contributed by atoms with E-state index in [1.54, 1.807) is 7.05 Å². The number of carbonyl (C=O) groups is 1. The fourth-order valence-electron chi connectivity index (χ4n) is 4.18. The molecule has 4 unspecified atom stereocenters. The number of benzene rings is 1. The Hall–Kier alpha value is -2.18. The van der Waals surface area contributed by atoms with E-state index >= 15 is 0 Å². The van der Waals surface area contributed by atoms with E-state index in [-0.39, 0.29) is 35.4 Å². The highest BCUT2D eigenvalue weighted by Crippen LogP contribution is 2.43. The number of hydrogen-bond donors (Lipinski definition) is 3. The summed E-state index contributed by atoms with van der Waals surface area (Å²) in [7, 11) is 1.69. The molecule has 1 aromatic rings. The van der Waals surface area contributed by atoms with Gasteiger partial charge in [0, 0.05) is 42.6 Å². The van der Waals surface area contributed by atoms with Gasteiger partial charge in [-0.05, 0) is 50.7 Å². The SMILES string of the molecule is CN=C(NC1CCCC(C(=O)NC2CC2)C1)NC1CC1c1c(F)cccc1F. The van der Waals surface area contributed by atoms with Crippen LogP contribution in [-0.4, -0.2) is 37.0 Å². The van der Waals surface area contributed by atoms with Gasteiger partial charge in [-0.25, -0.2) is 8.78 Å². The number of guanidine groups is 1. The summed E-state index contributed by atoms with van der Waals surface area (Å²) in [6, 6.07) is 4.53. The Balaban J connectivity index is 1.30. The molecule has 5 nitrogen and oxygen atoms in total. The highest BCUT2D eigenvalue weighted by atomic mass is 19.1. The standard InChI is InChI=1S/C21H28F2N4O/c1-24-21(27-18-11-15(18)19-16(22)6-3-7-17(19)23)26-14-5-2-4-12(10-14)20(28)25-13-8-9-13/h3,6-7,12-15,18H,2,4-5,8-11H2,1H3,(H,25,28)(H2,24,26,27). The summed E-state index contributed by atoms with van der Waals surface area (Å²) in [4.78, 5) is 16.6. The Bertz CT molecular complexity index is 745. The molecule has 0 bridgehead atoms. The number of nitrogens with one attached hydrogen (secondary N) is 3. The van der Waals surface area contributed by atoms with Gasteiger partial charge in [-0.1, -0.05) is 12.5 Å². The van der Waals surface area contributed by atoms with Gasteiger partial charge in [0.25, 0.3) is 0 Å². The molecular weight excluding hydrogens is 362 g/mol.